The largest absolute Gasteiger partial charge is 0.460 e. The van der Waals surface area contributed by atoms with Crippen LogP contribution in [0.25, 0.3) is 0 Å². The lowest BCUT2D eigenvalue weighted by atomic mass is 9.87. The third-order valence-corrected chi connectivity index (χ3v) is 5.79. The van der Waals surface area contributed by atoms with Crippen LogP contribution in [0.2, 0.25) is 0 Å². The van der Waals surface area contributed by atoms with Crippen molar-refractivity contribution < 1.29 is 23.8 Å². The SMILES string of the molecule is CC(C)(C)OC(=O)C1CNCCC1COC1CCN(C(=O)OCc2ccccc2)CC1. The summed E-state index contributed by atoms with van der Waals surface area (Å²) in [5.41, 5.74) is 0.498. The van der Waals surface area contributed by atoms with E-state index in [0.29, 0.717) is 26.2 Å². The van der Waals surface area contributed by atoms with Gasteiger partial charge in [0.05, 0.1) is 18.6 Å². The smallest absolute Gasteiger partial charge is 0.410 e. The van der Waals surface area contributed by atoms with Crippen molar-refractivity contribution in [2.45, 2.75) is 58.3 Å². The van der Waals surface area contributed by atoms with E-state index in [9.17, 15) is 9.59 Å². The third-order valence-electron chi connectivity index (χ3n) is 5.79. The Bertz CT molecular complexity index is 710. The van der Waals surface area contributed by atoms with Crippen LogP contribution in [0.5, 0.6) is 0 Å². The summed E-state index contributed by atoms with van der Waals surface area (Å²) in [6, 6.07) is 9.69. The minimum Gasteiger partial charge on any atom is -0.460 e. The molecule has 172 valence electrons. The number of hydrogen-bond donors (Lipinski definition) is 1. The number of esters is 1. The summed E-state index contributed by atoms with van der Waals surface area (Å²) in [7, 11) is 0. The van der Waals surface area contributed by atoms with Crippen LogP contribution in [0.3, 0.4) is 0 Å². The molecule has 0 aromatic heterocycles. The van der Waals surface area contributed by atoms with Gasteiger partial charge < -0.3 is 24.4 Å². The standard InChI is InChI=1S/C24H36N2O5/c1-24(2,3)31-22(27)21-15-25-12-9-19(21)17-29-20-10-13-26(14-11-20)23(28)30-16-18-7-5-4-6-8-18/h4-8,19-21,25H,9-17H2,1-3H3. The first-order valence-corrected chi connectivity index (χ1v) is 11.3. The lowest BCUT2D eigenvalue weighted by Crippen LogP contribution is -2.46. The quantitative estimate of drug-likeness (QED) is 0.695. The van der Waals surface area contributed by atoms with E-state index in [1.54, 1.807) is 4.90 Å². The summed E-state index contributed by atoms with van der Waals surface area (Å²) < 4.78 is 17.2. The fourth-order valence-electron chi connectivity index (χ4n) is 4.04. The molecule has 7 nitrogen and oxygen atoms in total. The van der Waals surface area contributed by atoms with E-state index in [-0.39, 0.29) is 36.6 Å². The van der Waals surface area contributed by atoms with Crippen LogP contribution in [0.1, 0.15) is 45.6 Å². The fraction of sp³-hybridized carbons (Fsp3) is 0.667. The van der Waals surface area contributed by atoms with Gasteiger partial charge in [-0.05, 0) is 58.1 Å². The van der Waals surface area contributed by atoms with Gasteiger partial charge in [-0.15, -0.1) is 0 Å². The molecule has 0 radical (unpaired) electrons. The molecule has 0 bridgehead atoms. The summed E-state index contributed by atoms with van der Waals surface area (Å²) >= 11 is 0. The maximum absolute atomic E-state index is 12.6. The van der Waals surface area contributed by atoms with Gasteiger partial charge in [-0.3, -0.25) is 4.79 Å². The molecule has 2 aliphatic rings. The zero-order valence-electron chi connectivity index (χ0n) is 19.0. The molecule has 2 atom stereocenters. The van der Waals surface area contributed by atoms with Gasteiger partial charge in [0.25, 0.3) is 0 Å². The summed E-state index contributed by atoms with van der Waals surface area (Å²) in [5, 5.41) is 3.30. The van der Waals surface area contributed by atoms with Crippen LogP contribution in [-0.2, 0) is 25.6 Å². The molecular formula is C24H36N2O5. The van der Waals surface area contributed by atoms with Crippen molar-refractivity contribution >= 4 is 12.1 Å². The lowest BCUT2D eigenvalue weighted by Gasteiger charge is -2.35. The Kier molecular flexibility index (Phi) is 8.32. The normalized spacial score (nSPS) is 22.7. The van der Waals surface area contributed by atoms with E-state index >= 15 is 0 Å². The topological polar surface area (TPSA) is 77.1 Å². The molecular weight excluding hydrogens is 396 g/mol. The highest BCUT2D eigenvalue weighted by molar-refractivity contribution is 5.73. The Balaban J connectivity index is 1.39. The zero-order valence-corrected chi connectivity index (χ0v) is 19.0. The first kappa shape index (κ1) is 23.5. The minimum absolute atomic E-state index is 0.104. The Morgan fingerprint density at radius 1 is 1.10 bits per heavy atom. The second-order valence-corrected chi connectivity index (χ2v) is 9.45. The maximum Gasteiger partial charge on any atom is 0.410 e. The van der Waals surface area contributed by atoms with Crippen molar-refractivity contribution in [3.63, 3.8) is 0 Å². The zero-order chi connectivity index (χ0) is 22.3. The third kappa shape index (κ3) is 7.51. The molecule has 0 spiro atoms. The molecule has 3 rings (SSSR count). The van der Waals surface area contributed by atoms with Gasteiger partial charge in [0.15, 0.2) is 0 Å². The van der Waals surface area contributed by atoms with Gasteiger partial charge in [0, 0.05) is 19.6 Å². The molecule has 7 heteroatoms. The molecule has 2 heterocycles. The van der Waals surface area contributed by atoms with Crippen molar-refractivity contribution in [1.29, 1.82) is 0 Å². The fourth-order valence-corrected chi connectivity index (χ4v) is 4.04. The van der Waals surface area contributed by atoms with Crippen molar-refractivity contribution in [2.24, 2.45) is 11.8 Å². The summed E-state index contributed by atoms with van der Waals surface area (Å²) in [6.07, 6.45) is 2.29. The monoisotopic (exact) mass is 432 g/mol. The maximum atomic E-state index is 12.6. The minimum atomic E-state index is -0.484. The van der Waals surface area contributed by atoms with Crippen LogP contribution in [0, 0.1) is 11.8 Å². The van der Waals surface area contributed by atoms with Gasteiger partial charge in [0.1, 0.15) is 12.2 Å². The van der Waals surface area contributed by atoms with E-state index in [1.165, 1.54) is 0 Å². The molecule has 1 aromatic rings. The molecule has 1 N–H and O–H groups in total. The highest BCUT2D eigenvalue weighted by Crippen LogP contribution is 2.25. The number of amides is 1. The number of piperidine rings is 2. The lowest BCUT2D eigenvalue weighted by molar-refractivity contribution is -0.164. The first-order valence-electron chi connectivity index (χ1n) is 11.3. The molecule has 2 unspecified atom stereocenters. The second kappa shape index (κ2) is 11.0. The number of ether oxygens (including phenoxy) is 3. The Morgan fingerprint density at radius 2 is 1.81 bits per heavy atom. The number of nitrogens with one attached hydrogen (secondary N) is 1. The number of carbonyl (C=O) groups is 2. The number of rotatable bonds is 6. The van der Waals surface area contributed by atoms with Gasteiger partial charge >= 0.3 is 12.1 Å². The number of carbonyl (C=O) groups excluding carboxylic acids is 2. The molecule has 0 aliphatic carbocycles. The molecule has 1 aromatic carbocycles. The number of likely N-dealkylation sites (tertiary alicyclic amines) is 1. The van der Waals surface area contributed by atoms with Gasteiger partial charge in [-0.2, -0.15) is 0 Å². The van der Waals surface area contributed by atoms with Crippen LogP contribution in [-0.4, -0.2) is 61.5 Å². The van der Waals surface area contributed by atoms with E-state index < -0.39 is 5.60 Å². The average molecular weight is 433 g/mol. The molecule has 2 fully saturated rings. The van der Waals surface area contributed by atoms with Crippen LogP contribution in [0.15, 0.2) is 30.3 Å². The van der Waals surface area contributed by atoms with Gasteiger partial charge in [-0.25, -0.2) is 4.79 Å². The van der Waals surface area contributed by atoms with E-state index in [0.717, 1.165) is 31.4 Å². The molecule has 31 heavy (non-hydrogen) atoms. The predicted octanol–water partition coefficient (Wildman–Crippen LogP) is 3.37. The Hall–Kier alpha value is -2.12. The van der Waals surface area contributed by atoms with Crippen molar-refractivity contribution in [3.05, 3.63) is 35.9 Å². The van der Waals surface area contributed by atoms with Crippen LogP contribution < -0.4 is 5.32 Å². The van der Waals surface area contributed by atoms with Crippen molar-refractivity contribution in [1.82, 2.24) is 10.2 Å². The second-order valence-electron chi connectivity index (χ2n) is 9.45. The summed E-state index contributed by atoms with van der Waals surface area (Å²) in [6.45, 7) is 9.29. The highest BCUT2D eigenvalue weighted by Gasteiger charge is 2.35. The molecule has 0 saturated carbocycles. The van der Waals surface area contributed by atoms with E-state index in [4.69, 9.17) is 14.2 Å². The molecule has 1 amide bonds. The number of nitrogens with zero attached hydrogens (tertiary/aromatic N) is 1. The van der Waals surface area contributed by atoms with Gasteiger partial charge in [0.2, 0.25) is 0 Å². The average Bonchev–Trinajstić information content (AvgIpc) is 2.76. The summed E-state index contributed by atoms with van der Waals surface area (Å²) in [4.78, 5) is 26.6. The number of hydrogen-bond acceptors (Lipinski definition) is 6. The predicted molar refractivity (Wildman–Crippen MR) is 117 cm³/mol. The van der Waals surface area contributed by atoms with Crippen molar-refractivity contribution in [2.75, 3.05) is 32.8 Å². The van der Waals surface area contributed by atoms with Crippen molar-refractivity contribution in [3.8, 4) is 0 Å². The molecule has 2 aliphatic heterocycles. The van der Waals surface area contributed by atoms with E-state index in [2.05, 4.69) is 5.32 Å². The Morgan fingerprint density at radius 3 is 2.48 bits per heavy atom. The van der Waals surface area contributed by atoms with E-state index in [1.807, 2.05) is 51.1 Å². The van der Waals surface area contributed by atoms with Crippen LogP contribution >= 0.6 is 0 Å². The Labute approximate surface area is 185 Å². The van der Waals surface area contributed by atoms with Gasteiger partial charge in [-0.1, -0.05) is 30.3 Å². The first-order chi connectivity index (χ1) is 14.8. The number of benzene rings is 1. The van der Waals surface area contributed by atoms with Crippen LogP contribution in [0.4, 0.5) is 4.79 Å². The molecule has 2 saturated heterocycles. The summed E-state index contributed by atoms with van der Waals surface area (Å²) in [5.74, 6) is -0.171. The highest BCUT2D eigenvalue weighted by atomic mass is 16.6.